The molecule has 1 unspecified atom stereocenters. The minimum absolute atomic E-state index is 0.0694. The van der Waals surface area contributed by atoms with Crippen LogP contribution < -0.4 is 10.1 Å². The lowest BCUT2D eigenvalue weighted by Crippen LogP contribution is -2.29. The van der Waals surface area contributed by atoms with Crippen LogP contribution in [0.25, 0.3) is 5.65 Å². The van der Waals surface area contributed by atoms with E-state index in [4.69, 9.17) is 9.84 Å². The summed E-state index contributed by atoms with van der Waals surface area (Å²) in [4.78, 5) is 19.0. The van der Waals surface area contributed by atoms with Crippen LogP contribution in [0.4, 0.5) is 5.69 Å². The molecule has 1 aliphatic heterocycles. The van der Waals surface area contributed by atoms with Gasteiger partial charge in [0.2, 0.25) is 0 Å². The van der Waals surface area contributed by atoms with Crippen LogP contribution in [0.15, 0.2) is 36.7 Å². The van der Waals surface area contributed by atoms with Gasteiger partial charge >= 0.3 is 0 Å². The van der Waals surface area contributed by atoms with Crippen LogP contribution in [-0.4, -0.2) is 52.1 Å². The van der Waals surface area contributed by atoms with E-state index in [1.807, 2.05) is 35.7 Å². The number of carbonyl (C=O) groups excluding carboxylic acids is 1. The Morgan fingerprint density at radius 3 is 2.97 bits per heavy atom. The molecule has 2 N–H and O–H groups in total. The number of hydrogen-bond acceptors (Lipinski definition) is 5. The highest BCUT2D eigenvalue weighted by molar-refractivity contribution is 5.96. The number of hydrogen-bond donors (Lipinski definition) is 2. The number of aliphatic hydroxyl groups is 1. The average molecular weight is 394 g/mol. The lowest BCUT2D eigenvalue weighted by Gasteiger charge is -2.28. The van der Waals surface area contributed by atoms with E-state index in [1.165, 1.54) is 10.5 Å². The van der Waals surface area contributed by atoms with Crippen LogP contribution in [0.5, 0.6) is 5.75 Å². The van der Waals surface area contributed by atoms with Gasteiger partial charge in [-0.2, -0.15) is 0 Å². The summed E-state index contributed by atoms with van der Waals surface area (Å²) in [6.07, 6.45) is 4.52. The van der Waals surface area contributed by atoms with E-state index in [-0.39, 0.29) is 25.1 Å². The summed E-state index contributed by atoms with van der Waals surface area (Å²) < 4.78 is 7.70. The molecule has 7 nitrogen and oxygen atoms in total. The van der Waals surface area contributed by atoms with Crippen LogP contribution >= 0.6 is 0 Å². The van der Waals surface area contributed by atoms with Crippen molar-refractivity contribution in [2.24, 2.45) is 0 Å². The largest absolute Gasteiger partial charge is 0.493 e. The van der Waals surface area contributed by atoms with Gasteiger partial charge in [-0.3, -0.25) is 4.79 Å². The van der Waals surface area contributed by atoms with Crippen molar-refractivity contribution in [1.82, 2.24) is 14.3 Å². The monoisotopic (exact) mass is 394 g/mol. The SMILES string of the molecule is Cc1ccc2c(c1)C(Nc1cc(C(=O)N(C)CCO)cn3cc(C)nc13)CCO2. The van der Waals surface area contributed by atoms with Crippen LogP contribution in [0.1, 0.15) is 39.6 Å². The maximum Gasteiger partial charge on any atom is 0.255 e. The van der Waals surface area contributed by atoms with Gasteiger partial charge in [0, 0.05) is 38.0 Å². The number of likely N-dealkylation sites (N-methyl/N-ethyl adjacent to an activating group) is 1. The molecule has 0 spiro atoms. The Balaban J connectivity index is 1.74. The van der Waals surface area contributed by atoms with E-state index in [1.54, 1.807) is 13.2 Å². The first-order valence-corrected chi connectivity index (χ1v) is 9.82. The van der Waals surface area contributed by atoms with Gasteiger partial charge in [-0.1, -0.05) is 17.7 Å². The van der Waals surface area contributed by atoms with Crippen molar-refractivity contribution in [2.75, 3.05) is 32.1 Å². The highest BCUT2D eigenvalue weighted by Gasteiger charge is 2.23. The molecule has 3 aromatic rings. The number of imidazole rings is 1. The van der Waals surface area contributed by atoms with E-state index in [2.05, 4.69) is 23.3 Å². The number of nitrogens with one attached hydrogen (secondary N) is 1. The second-order valence-corrected chi connectivity index (χ2v) is 7.58. The molecule has 0 bridgehead atoms. The topological polar surface area (TPSA) is 79.1 Å². The molecule has 3 heterocycles. The summed E-state index contributed by atoms with van der Waals surface area (Å²) in [5.74, 6) is 0.753. The first-order chi connectivity index (χ1) is 14.0. The van der Waals surface area contributed by atoms with Gasteiger partial charge in [0.15, 0.2) is 5.65 Å². The molecule has 0 saturated carbocycles. The summed E-state index contributed by atoms with van der Waals surface area (Å²) in [6, 6.07) is 8.12. The predicted octanol–water partition coefficient (Wildman–Crippen LogP) is 2.95. The number of aliphatic hydroxyl groups excluding tert-OH is 1. The van der Waals surface area contributed by atoms with Gasteiger partial charge in [-0.15, -0.1) is 0 Å². The summed E-state index contributed by atoms with van der Waals surface area (Å²) in [5, 5.41) is 12.8. The first kappa shape index (κ1) is 19.3. The van der Waals surface area contributed by atoms with Crippen molar-refractivity contribution >= 4 is 17.2 Å². The number of aromatic nitrogens is 2. The van der Waals surface area contributed by atoms with Gasteiger partial charge < -0.3 is 24.5 Å². The summed E-state index contributed by atoms with van der Waals surface area (Å²) >= 11 is 0. The number of amides is 1. The number of nitrogens with zero attached hydrogens (tertiary/aromatic N) is 3. The number of fused-ring (bicyclic) bond motifs is 2. The van der Waals surface area contributed by atoms with E-state index in [9.17, 15) is 4.79 Å². The molecule has 1 aliphatic rings. The zero-order valence-electron chi connectivity index (χ0n) is 17.0. The molecule has 1 amide bonds. The van der Waals surface area contributed by atoms with Gasteiger partial charge in [0.1, 0.15) is 5.75 Å². The Kier molecular flexibility index (Phi) is 5.15. The number of anilines is 1. The van der Waals surface area contributed by atoms with Crippen molar-refractivity contribution in [3.05, 3.63) is 59.0 Å². The molecule has 1 atom stereocenters. The molecule has 0 saturated heterocycles. The summed E-state index contributed by atoms with van der Waals surface area (Å²) in [5.41, 5.74) is 5.31. The molecule has 152 valence electrons. The Morgan fingerprint density at radius 2 is 2.17 bits per heavy atom. The Labute approximate surface area is 169 Å². The van der Waals surface area contributed by atoms with Gasteiger partial charge in [-0.05, 0) is 26.0 Å². The molecule has 0 fully saturated rings. The maximum absolute atomic E-state index is 12.8. The van der Waals surface area contributed by atoms with E-state index < -0.39 is 0 Å². The standard InChI is InChI=1S/C22H26N4O3/c1-14-4-5-20-17(10-14)18(6-9-29-20)24-19-11-16(22(28)25(3)7-8-27)13-26-12-15(2)23-21(19)26/h4-5,10-13,18,24,27H,6-9H2,1-3H3. The lowest BCUT2D eigenvalue weighted by atomic mass is 9.98. The first-order valence-electron chi connectivity index (χ1n) is 9.82. The molecule has 7 heteroatoms. The zero-order valence-corrected chi connectivity index (χ0v) is 17.0. The van der Waals surface area contributed by atoms with Crippen molar-refractivity contribution in [2.45, 2.75) is 26.3 Å². The highest BCUT2D eigenvalue weighted by Crippen LogP contribution is 2.36. The van der Waals surface area contributed by atoms with Crippen molar-refractivity contribution < 1.29 is 14.6 Å². The van der Waals surface area contributed by atoms with Gasteiger partial charge in [0.05, 0.1) is 36.2 Å². The third kappa shape index (κ3) is 3.78. The minimum Gasteiger partial charge on any atom is -0.493 e. The van der Waals surface area contributed by atoms with E-state index >= 15 is 0 Å². The fourth-order valence-electron chi connectivity index (χ4n) is 3.77. The predicted molar refractivity (Wildman–Crippen MR) is 112 cm³/mol. The lowest BCUT2D eigenvalue weighted by molar-refractivity contribution is 0.0766. The van der Waals surface area contributed by atoms with Crippen LogP contribution in [-0.2, 0) is 0 Å². The third-order valence-electron chi connectivity index (χ3n) is 5.24. The number of pyridine rings is 1. The molecule has 4 rings (SSSR count). The Bertz CT molecular complexity index is 1060. The van der Waals surface area contributed by atoms with Crippen LogP contribution in [0.3, 0.4) is 0 Å². The number of aryl methyl sites for hydroxylation is 2. The maximum atomic E-state index is 12.8. The molecule has 0 aliphatic carbocycles. The second-order valence-electron chi connectivity index (χ2n) is 7.58. The molecule has 2 aromatic heterocycles. The highest BCUT2D eigenvalue weighted by atomic mass is 16.5. The average Bonchev–Trinajstić information content (AvgIpc) is 3.08. The van der Waals surface area contributed by atoms with Crippen molar-refractivity contribution in [3.63, 3.8) is 0 Å². The summed E-state index contributed by atoms with van der Waals surface area (Å²) in [6.45, 7) is 4.85. The number of carbonyl (C=O) groups is 1. The Hall–Kier alpha value is -3.06. The van der Waals surface area contributed by atoms with Crippen LogP contribution in [0, 0.1) is 13.8 Å². The quantitative estimate of drug-likeness (QED) is 0.696. The van der Waals surface area contributed by atoms with Crippen LogP contribution in [0.2, 0.25) is 0 Å². The fourth-order valence-corrected chi connectivity index (χ4v) is 3.77. The third-order valence-corrected chi connectivity index (χ3v) is 5.24. The number of rotatable bonds is 5. The molecule has 29 heavy (non-hydrogen) atoms. The molecular formula is C22H26N4O3. The normalized spacial score (nSPS) is 15.7. The number of ether oxygens (including phenoxy) is 1. The smallest absolute Gasteiger partial charge is 0.255 e. The zero-order chi connectivity index (χ0) is 20.5. The van der Waals surface area contributed by atoms with Crippen molar-refractivity contribution in [1.29, 1.82) is 0 Å². The Morgan fingerprint density at radius 1 is 1.34 bits per heavy atom. The number of benzene rings is 1. The van der Waals surface area contributed by atoms with E-state index in [0.29, 0.717) is 12.2 Å². The van der Waals surface area contributed by atoms with E-state index in [0.717, 1.165) is 34.8 Å². The minimum atomic E-state index is -0.140. The summed E-state index contributed by atoms with van der Waals surface area (Å²) in [7, 11) is 1.69. The molecular weight excluding hydrogens is 368 g/mol. The fraction of sp³-hybridized carbons (Fsp3) is 0.364. The van der Waals surface area contributed by atoms with Gasteiger partial charge in [-0.25, -0.2) is 4.98 Å². The molecule has 0 radical (unpaired) electrons. The van der Waals surface area contributed by atoms with Gasteiger partial charge in [0.25, 0.3) is 5.91 Å². The van der Waals surface area contributed by atoms with Crippen molar-refractivity contribution in [3.8, 4) is 5.75 Å². The molecule has 1 aromatic carbocycles. The second kappa shape index (κ2) is 7.75.